The molecule has 0 spiro atoms. The summed E-state index contributed by atoms with van der Waals surface area (Å²) in [5, 5.41) is 0.523. The van der Waals surface area contributed by atoms with E-state index in [9.17, 15) is 0 Å². The monoisotopic (exact) mass is 308 g/mol. The lowest BCUT2D eigenvalue weighted by Crippen LogP contribution is -1.98. The number of hydrogen-bond donors (Lipinski definition) is 0. The first kappa shape index (κ1) is 15.4. The van der Waals surface area contributed by atoms with E-state index in [0.717, 1.165) is 34.7 Å². The summed E-state index contributed by atoms with van der Waals surface area (Å²) in [5.74, 6) is 0. The van der Waals surface area contributed by atoms with Gasteiger partial charge >= 0.3 is 0 Å². The molecule has 1 nitrogen and oxygen atoms in total. The molecule has 20 heavy (non-hydrogen) atoms. The highest BCUT2D eigenvalue weighted by atomic mass is 35.5. The van der Waals surface area contributed by atoms with Gasteiger partial charge in [-0.15, -0.1) is 11.6 Å². The van der Waals surface area contributed by atoms with E-state index >= 15 is 0 Å². The third kappa shape index (κ3) is 3.54. The van der Waals surface area contributed by atoms with E-state index in [0.29, 0.717) is 0 Å². The molecule has 0 saturated carbocycles. The quantitative estimate of drug-likeness (QED) is 0.693. The lowest BCUT2D eigenvalue weighted by atomic mass is 10.0. The van der Waals surface area contributed by atoms with Gasteiger partial charge in [0.1, 0.15) is 0 Å². The maximum Gasteiger partial charge on any atom is 0.0849 e. The van der Waals surface area contributed by atoms with Crippen molar-refractivity contribution in [3.63, 3.8) is 0 Å². The van der Waals surface area contributed by atoms with E-state index in [1.165, 1.54) is 5.56 Å². The van der Waals surface area contributed by atoms with Gasteiger partial charge in [-0.1, -0.05) is 54.1 Å². The van der Waals surface area contributed by atoms with Gasteiger partial charge in [0.25, 0.3) is 0 Å². The molecule has 1 unspecified atom stereocenters. The second kappa shape index (κ2) is 7.12. The molecule has 0 amide bonds. The summed E-state index contributed by atoms with van der Waals surface area (Å²) in [6, 6.07) is 14.2. The summed E-state index contributed by atoms with van der Waals surface area (Å²) < 4.78 is 5.08. The molecule has 2 aromatic rings. The number of rotatable bonds is 5. The first-order valence-electron chi connectivity index (χ1n) is 6.60. The zero-order valence-electron chi connectivity index (χ0n) is 11.7. The summed E-state index contributed by atoms with van der Waals surface area (Å²) in [5.41, 5.74) is 4.31. The Hall–Kier alpha value is -1.02. The van der Waals surface area contributed by atoms with Crippen molar-refractivity contribution < 1.29 is 4.74 Å². The van der Waals surface area contributed by atoms with Gasteiger partial charge < -0.3 is 4.74 Å². The van der Waals surface area contributed by atoms with Crippen LogP contribution in [-0.2, 0) is 11.2 Å². The van der Waals surface area contributed by atoms with E-state index in [-0.39, 0.29) is 5.38 Å². The van der Waals surface area contributed by atoms with Gasteiger partial charge in [-0.2, -0.15) is 0 Å². The Morgan fingerprint density at radius 2 is 1.80 bits per heavy atom. The molecule has 106 valence electrons. The molecule has 0 bridgehead atoms. The van der Waals surface area contributed by atoms with E-state index in [4.69, 9.17) is 27.9 Å². The summed E-state index contributed by atoms with van der Waals surface area (Å²) in [4.78, 5) is 0. The minimum atomic E-state index is -0.223. The highest BCUT2D eigenvalue weighted by Gasteiger charge is 2.15. The molecule has 0 radical (unpaired) electrons. The van der Waals surface area contributed by atoms with Crippen LogP contribution >= 0.6 is 23.2 Å². The molecule has 0 N–H and O–H groups in total. The van der Waals surface area contributed by atoms with Crippen LogP contribution in [0.5, 0.6) is 0 Å². The van der Waals surface area contributed by atoms with Crippen molar-refractivity contribution in [2.45, 2.75) is 18.7 Å². The van der Waals surface area contributed by atoms with Crippen molar-refractivity contribution in [1.82, 2.24) is 0 Å². The molecule has 0 fully saturated rings. The van der Waals surface area contributed by atoms with Crippen LogP contribution < -0.4 is 0 Å². The van der Waals surface area contributed by atoms with Gasteiger partial charge in [0, 0.05) is 12.1 Å². The van der Waals surface area contributed by atoms with Crippen molar-refractivity contribution in [2.24, 2.45) is 0 Å². The van der Waals surface area contributed by atoms with E-state index < -0.39 is 0 Å². The number of methoxy groups -OCH3 is 1. The SMILES string of the molecule is COCCc1ccc(C(Cl)c2cccc(C)c2Cl)cc1. The average Bonchev–Trinajstić information content (AvgIpc) is 2.48. The Labute approximate surface area is 130 Å². The summed E-state index contributed by atoms with van der Waals surface area (Å²) in [6.45, 7) is 2.72. The molecule has 3 heteroatoms. The second-order valence-corrected chi connectivity index (χ2v) is 5.64. The smallest absolute Gasteiger partial charge is 0.0849 e. The lowest BCUT2D eigenvalue weighted by Gasteiger charge is -2.14. The van der Waals surface area contributed by atoms with Gasteiger partial charge in [0.05, 0.1) is 12.0 Å². The van der Waals surface area contributed by atoms with Gasteiger partial charge in [-0.05, 0) is 35.6 Å². The highest BCUT2D eigenvalue weighted by Crippen LogP contribution is 2.35. The van der Waals surface area contributed by atoms with Crippen molar-refractivity contribution in [1.29, 1.82) is 0 Å². The van der Waals surface area contributed by atoms with Crippen LogP contribution in [0.3, 0.4) is 0 Å². The first-order chi connectivity index (χ1) is 9.63. The zero-order valence-corrected chi connectivity index (χ0v) is 13.2. The number of benzene rings is 2. The van der Waals surface area contributed by atoms with Crippen LogP contribution in [0, 0.1) is 6.92 Å². The van der Waals surface area contributed by atoms with Gasteiger partial charge in [0.2, 0.25) is 0 Å². The molecule has 0 aliphatic heterocycles. The normalized spacial score (nSPS) is 12.4. The van der Waals surface area contributed by atoms with Gasteiger partial charge in [-0.25, -0.2) is 0 Å². The van der Waals surface area contributed by atoms with Crippen molar-refractivity contribution in [2.75, 3.05) is 13.7 Å². The molecule has 1 atom stereocenters. The minimum Gasteiger partial charge on any atom is -0.384 e. The van der Waals surface area contributed by atoms with Crippen molar-refractivity contribution >= 4 is 23.2 Å². The maximum absolute atomic E-state index is 6.56. The van der Waals surface area contributed by atoms with Crippen molar-refractivity contribution in [3.8, 4) is 0 Å². The summed E-state index contributed by atoms with van der Waals surface area (Å²) in [7, 11) is 1.71. The first-order valence-corrected chi connectivity index (χ1v) is 7.41. The third-order valence-corrected chi connectivity index (χ3v) is 4.37. The fourth-order valence-electron chi connectivity index (χ4n) is 2.12. The molecule has 2 rings (SSSR count). The van der Waals surface area contributed by atoms with E-state index in [1.807, 2.05) is 25.1 Å². The Bertz CT molecular complexity index is 564. The molecule has 2 aromatic carbocycles. The van der Waals surface area contributed by atoms with E-state index in [2.05, 4.69) is 24.3 Å². The van der Waals surface area contributed by atoms with Gasteiger partial charge in [-0.3, -0.25) is 0 Å². The highest BCUT2D eigenvalue weighted by molar-refractivity contribution is 6.33. The van der Waals surface area contributed by atoms with Crippen LogP contribution in [0.1, 0.15) is 27.6 Å². The predicted molar refractivity (Wildman–Crippen MR) is 85.9 cm³/mol. The summed E-state index contributed by atoms with van der Waals surface area (Å²) >= 11 is 12.9. The Balaban J connectivity index is 2.20. The Morgan fingerprint density at radius 3 is 2.45 bits per heavy atom. The lowest BCUT2D eigenvalue weighted by molar-refractivity contribution is 0.202. The molecular weight excluding hydrogens is 291 g/mol. The van der Waals surface area contributed by atoms with Crippen LogP contribution in [0.25, 0.3) is 0 Å². The number of ether oxygens (including phenoxy) is 1. The van der Waals surface area contributed by atoms with Crippen LogP contribution in [0.4, 0.5) is 0 Å². The zero-order chi connectivity index (χ0) is 14.5. The fourth-order valence-corrected chi connectivity index (χ4v) is 2.74. The molecular formula is C17H18Cl2O. The number of hydrogen-bond acceptors (Lipinski definition) is 1. The van der Waals surface area contributed by atoms with E-state index in [1.54, 1.807) is 7.11 Å². The standard InChI is InChI=1S/C17H18Cl2O/c1-12-4-3-5-15(16(12)18)17(19)14-8-6-13(7-9-14)10-11-20-2/h3-9,17H,10-11H2,1-2H3. The van der Waals surface area contributed by atoms with Gasteiger partial charge in [0.15, 0.2) is 0 Å². The summed E-state index contributed by atoms with van der Waals surface area (Å²) in [6.07, 6.45) is 0.912. The van der Waals surface area contributed by atoms with Crippen LogP contribution in [0.2, 0.25) is 5.02 Å². The largest absolute Gasteiger partial charge is 0.384 e. The minimum absolute atomic E-state index is 0.223. The molecule has 0 heterocycles. The topological polar surface area (TPSA) is 9.23 Å². The van der Waals surface area contributed by atoms with Crippen LogP contribution in [-0.4, -0.2) is 13.7 Å². The average molecular weight is 309 g/mol. The molecule has 0 aromatic heterocycles. The molecule has 0 aliphatic carbocycles. The number of aryl methyl sites for hydroxylation is 1. The Kier molecular flexibility index (Phi) is 5.47. The third-order valence-electron chi connectivity index (χ3n) is 3.36. The second-order valence-electron chi connectivity index (χ2n) is 4.83. The predicted octanol–water partition coefficient (Wildman–Crippen LogP) is 5.17. The van der Waals surface area contributed by atoms with Crippen LogP contribution in [0.15, 0.2) is 42.5 Å². The Morgan fingerprint density at radius 1 is 1.10 bits per heavy atom. The number of halogens is 2. The number of alkyl halides is 1. The maximum atomic E-state index is 6.56. The van der Waals surface area contributed by atoms with Crippen molar-refractivity contribution in [3.05, 3.63) is 69.7 Å². The fraction of sp³-hybridized carbons (Fsp3) is 0.294. The molecule has 0 aliphatic rings. The molecule has 0 saturated heterocycles.